The van der Waals surface area contributed by atoms with E-state index in [9.17, 15) is 0 Å². The summed E-state index contributed by atoms with van der Waals surface area (Å²) in [5.41, 5.74) is 3.95. The molecule has 3 rings (SSSR count). The molecule has 0 amide bonds. The van der Waals surface area contributed by atoms with Crippen molar-refractivity contribution in [3.8, 4) is 28.7 Å². The molecule has 3 heteroatoms. The summed E-state index contributed by atoms with van der Waals surface area (Å²) in [6.07, 6.45) is 3.69. The van der Waals surface area contributed by atoms with Gasteiger partial charge in [-0.15, -0.1) is 0 Å². The van der Waals surface area contributed by atoms with Crippen LogP contribution in [0.2, 0.25) is 0 Å². The zero-order chi connectivity index (χ0) is 19.6. The van der Waals surface area contributed by atoms with E-state index < -0.39 is 0 Å². The van der Waals surface area contributed by atoms with Gasteiger partial charge in [-0.2, -0.15) is 5.26 Å². The third-order valence-corrected chi connectivity index (χ3v) is 4.39. The minimum atomic E-state index is 0.662. The Labute approximate surface area is 166 Å². The van der Waals surface area contributed by atoms with E-state index in [0.717, 1.165) is 41.0 Å². The van der Waals surface area contributed by atoms with Crippen molar-refractivity contribution < 1.29 is 9.47 Å². The van der Waals surface area contributed by atoms with Crippen molar-refractivity contribution in [2.45, 2.75) is 12.8 Å². The molecule has 28 heavy (non-hydrogen) atoms. The lowest BCUT2D eigenvalue weighted by atomic mass is 10.0. The average Bonchev–Trinajstić information content (AvgIpc) is 2.77. The first-order valence-electron chi connectivity index (χ1n) is 9.37. The molecule has 0 N–H and O–H groups in total. The van der Waals surface area contributed by atoms with Crippen LogP contribution in [-0.4, -0.2) is 13.2 Å². The normalized spacial score (nSPS) is 10.1. The van der Waals surface area contributed by atoms with Crippen molar-refractivity contribution in [2.24, 2.45) is 0 Å². The standard InChI is InChI=1S/C25H23NO2/c1-2-20-7-13-24(14-8-20)27-17-3-4-18-28-25-15-11-23(12-16-25)22-9-5-21(19-26)6-10-22/h2,5-16H,1,3-4,17-18H2. The van der Waals surface area contributed by atoms with E-state index in [-0.39, 0.29) is 0 Å². The zero-order valence-corrected chi connectivity index (χ0v) is 15.8. The molecule has 0 aliphatic carbocycles. The molecule has 140 valence electrons. The fourth-order valence-corrected chi connectivity index (χ4v) is 2.77. The van der Waals surface area contributed by atoms with Crippen molar-refractivity contribution in [1.29, 1.82) is 5.26 Å². The van der Waals surface area contributed by atoms with Crippen molar-refractivity contribution in [3.05, 3.63) is 90.5 Å². The summed E-state index contributed by atoms with van der Waals surface area (Å²) < 4.78 is 11.5. The Morgan fingerprint density at radius 3 is 1.64 bits per heavy atom. The van der Waals surface area contributed by atoms with E-state index in [1.807, 2.05) is 78.9 Å². The van der Waals surface area contributed by atoms with E-state index >= 15 is 0 Å². The van der Waals surface area contributed by atoms with Gasteiger partial charge in [-0.3, -0.25) is 0 Å². The number of benzene rings is 3. The molecule has 3 aromatic rings. The summed E-state index contributed by atoms with van der Waals surface area (Å²) in [6.45, 7) is 5.08. The van der Waals surface area contributed by atoms with Gasteiger partial charge in [0, 0.05) is 0 Å². The quantitative estimate of drug-likeness (QED) is 0.428. The highest BCUT2D eigenvalue weighted by atomic mass is 16.5. The number of rotatable bonds is 9. The molecule has 0 fully saturated rings. The van der Waals surface area contributed by atoms with Gasteiger partial charge in [0.1, 0.15) is 11.5 Å². The highest BCUT2D eigenvalue weighted by Crippen LogP contribution is 2.23. The molecule has 3 aromatic carbocycles. The summed E-state index contributed by atoms with van der Waals surface area (Å²) >= 11 is 0. The van der Waals surface area contributed by atoms with Crippen molar-refractivity contribution in [1.82, 2.24) is 0 Å². The molecule has 0 heterocycles. The fourth-order valence-electron chi connectivity index (χ4n) is 2.77. The monoisotopic (exact) mass is 369 g/mol. The molecular formula is C25H23NO2. The Balaban J connectivity index is 1.37. The third-order valence-electron chi connectivity index (χ3n) is 4.39. The Morgan fingerprint density at radius 2 is 1.18 bits per heavy atom. The van der Waals surface area contributed by atoms with Gasteiger partial charge in [0.2, 0.25) is 0 Å². The number of nitrogens with zero attached hydrogens (tertiary/aromatic N) is 1. The topological polar surface area (TPSA) is 42.2 Å². The summed E-state index contributed by atoms with van der Waals surface area (Å²) in [4.78, 5) is 0. The second-order valence-corrected chi connectivity index (χ2v) is 6.39. The summed E-state index contributed by atoms with van der Waals surface area (Å²) in [6, 6.07) is 25.6. The molecule has 0 saturated heterocycles. The van der Waals surface area contributed by atoms with Crippen LogP contribution < -0.4 is 9.47 Å². The highest BCUT2D eigenvalue weighted by molar-refractivity contribution is 5.64. The maximum Gasteiger partial charge on any atom is 0.119 e. The average molecular weight is 369 g/mol. The maximum absolute atomic E-state index is 8.87. The predicted octanol–water partition coefficient (Wildman–Crippen LogP) is 6.11. The Bertz CT molecular complexity index is 920. The lowest BCUT2D eigenvalue weighted by Gasteiger charge is -2.09. The Hall–Kier alpha value is -3.51. The molecule has 0 aromatic heterocycles. The number of unbranched alkanes of at least 4 members (excludes halogenated alkanes) is 1. The molecule has 0 aliphatic rings. The first kappa shape index (κ1) is 19.3. The van der Waals surface area contributed by atoms with Crippen LogP contribution in [0.5, 0.6) is 11.5 Å². The van der Waals surface area contributed by atoms with Crippen molar-refractivity contribution >= 4 is 6.08 Å². The van der Waals surface area contributed by atoms with Crippen LogP contribution in [0.4, 0.5) is 0 Å². The molecule has 0 saturated carbocycles. The second kappa shape index (κ2) is 9.99. The van der Waals surface area contributed by atoms with Gasteiger partial charge in [0.15, 0.2) is 0 Å². The van der Waals surface area contributed by atoms with Gasteiger partial charge in [-0.1, -0.05) is 49.1 Å². The van der Waals surface area contributed by atoms with Gasteiger partial charge >= 0.3 is 0 Å². The molecule has 0 atom stereocenters. The molecule has 0 spiro atoms. The number of ether oxygens (including phenoxy) is 2. The van der Waals surface area contributed by atoms with Crippen molar-refractivity contribution in [3.63, 3.8) is 0 Å². The molecule has 0 radical (unpaired) electrons. The SMILES string of the molecule is C=Cc1ccc(OCCCCOc2ccc(-c3ccc(C#N)cc3)cc2)cc1. The first-order valence-corrected chi connectivity index (χ1v) is 9.37. The van der Waals surface area contributed by atoms with Gasteiger partial charge in [-0.25, -0.2) is 0 Å². The van der Waals surface area contributed by atoms with Crippen LogP contribution in [0.1, 0.15) is 24.0 Å². The van der Waals surface area contributed by atoms with Crippen LogP contribution >= 0.6 is 0 Å². The minimum Gasteiger partial charge on any atom is -0.494 e. The summed E-state index contributed by atoms with van der Waals surface area (Å²) in [5, 5.41) is 8.87. The van der Waals surface area contributed by atoms with Crippen LogP contribution in [-0.2, 0) is 0 Å². The zero-order valence-electron chi connectivity index (χ0n) is 15.8. The van der Waals surface area contributed by atoms with Gasteiger partial charge in [0.25, 0.3) is 0 Å². The predicted molar refractivity (Wildman–Crippen MR) is 113 cm³/mol. The number of hydrogen-bond acceptors (Lipinski definition) is 3. The van der Waals surface area contributed by atoms with E-state index in [1.54, 1.807) is 0 Å². The minimum absolute atomic E-state index is 0.662. The van der Waals surface area contributed by atoms with Crippen LogP contribution in [0.15, 0.2) is 79.4 Å². The number of hydrogen-bond donors (Lipinski definition) is 0. The smallest absolute Gasteiger partial charge is 0.119 e. The summed E-state index contributed by atoms with van der Waals surface area (Å²) in [7, 11) is 0. The number of nitriles is 1. The van der Waals surface area contributed by atoms with Gasteiger partial charge < -0.3 is 9.47 Å². The largest absolute Gasteiger partial charge is 0.494 e. The molecule has 0 aliphatic heterocycles. The van der Waals surface area contributed by atoms with Crippen LogP contribution in [0, 0.1) is 11.3 Å². The molecule has 0 bridgehead atoms. The highest BCUT2D eigenvalue weighted by Gasteiger charge is 2.00. The van der Waals surface area contributed by atoms with E-state index in [1.165, 1.54) is 0 Å². The lowest BCUT2D eigenvalue weighted by molar-refractivity contribution is 0.266. The first-order chi connectivity index (χ1) is 13.8. The molecule has 0 unspecified atom stereocenters. The Morgan fingerprint density at radius 1 is 0.714 bits per heavy atom. The molecular weight excluding hydrogens is 346 g/mol. The van der Waals surface area contributed by atoms with Gasteiger partial charge in [-0.05, 0) is 65.9 Å². The van der Waals surface area contributed by atoms with Crippen LogP contribution in [0.25, 0.3) is 17.2 Å². The lowest BCUT2D eigenvalue weighted by Crippen LogP contribution is -2.02. The third kappa shape index (κ3) is 5.49. The van der Waals surface area contributed by atoms with Gasteiger partial charge in [0.05, 0.1) is 24.8 Å². The summed E-state index contributed by atoms with van der Waals surface area (Å²) in [5.74, 6) is 1.74. The van der Waals surface area contributed by atoms with Crippen molar-refractivity contribution in [2.75, 3.05) is 13.2 Å². The van der Waals surface area contributed by atoms with E-state index in [2.05, 4.69) is 12.6 Å². The Kier molecular flexibility index (Phi) is 6.87. The van der Waals surface area contributed by atoms with E-state index in [4.69, 9.17) is 14.7 Å². The molecule has 3 nitrogen and oxygen atoms in total. The fraction of sp³-hybridized carbons (Fsp3) is 0.160. The maximum atomic E-state index is 8.87. The van der Waals surface area contributed by atoms with E-state index in [0.29, 0.717) is 18.8 Å². The van der Waals surface area contributed by atoms with Crippen LogP contribution in [0.3, 0.4) is 0 Å². The second-order valence-electron chi connectivity index (χ2n) is 6.39.